The highest BCUT2D eigenvalue weighted by atomic mass is 32.1. The molecule has 0 saturated carbocycles. The second-order valence-electron chi connectivity index (χ2n) is 7.36. The molecule has 0 fully saturated rings. The topological polar surface area (TPSA) is 49.4 Å². The minimum Gasteiger partial charge on any atom is -0.347 e. The Balaban J connectivity index is 1.42. The van der Waals surface area contributed by atoms with Gasteiger partial charge < -0.3 is 10.2 Å². The van der Waals surface area contributed by atoms with Gasteiger partial charge in [0.2, 0.25) is 0 Å². The van der Waals surface area contributed by atoms with Gasteiger partial charge in [0.1, 0.15) is 11.6 Å². The molecule has 4 nitrogen and oxygen atoms in total. The van der Waals surface area contributed by atoms with E-state index < -0.39 is 11.6 Å². The number of nitrogens with one attached hydrogen (secondary N) is 1. The van der Waals surface area contributed by atoms with Gasteiger partial charge in [-0.15, -0.1) is 11.3 Å². The van der Waals surface area contributed by atoms with Crippen LogP contribution in [0.2, 0.25) is 0 Å². The summed E-state index contributed by atoms with van der Waals surface area (Å²) in [5, 5.41) is 2.70. The molecular formula is C23H20F2N2O2S. The van der Waals surface area contributed by atoms with Crippen molar-refractivity contribution in [2.75, 3.05) is 6.54 Å². The summed E-state index contributed by atoms with van der Waals surface area (Å²) in [5.41, 5.74) is 3.08. The van der Waals surface area contributed by atoms with Crippen LogP contribution >= 0.6 is 11.3 Å². The number of hydrogen-bond acceptors (Lipinski definition) is 3. The molecule has 3 aromatic rings. The zero-order valence-electron chi connectivity index (χ0n) is 16.4. The van der Waals surface area contributed by atoms with E-state index in [1.807, 2.05) is 31.2 Å². The Morgan fingerprint density at radius 2 is 1.77 bits per heavy atom. The largest absolute Gasteiger partial charge is 0.347 e. The Hall–Kier alpha value is -3.06. The predicted octanol–water partition coefficient (Wildman–Crippen LogP) is 4.46. The Labute approximate surface area is 177 Å². The first-order valence-electron chi connectivity index (χ1n) is 9.60. The highest BCUT2D eigenvalue weighted by molar-refractivity contribution is 7.14. The lowest BCUT2D eigenvalue weighted by atomic mass is 10.1. The van der Waals surface area contributed by atoms with Gasteiger partial charge in [-0.25, -0.2) is 8.78 Å². The highest BCUT2D eigenvalue weighted by Gasteiger charge is 2.25. The summed E-state index contributed by atoms with van der Waals surface area (Å²) >= 11 is 1.40. The van der Waals surface area contributed by atoms with Crippen LogP contribution in [0.1, 0.15) is 41.6 Å². The number of nitrogens with zero attached hydrogens (tertiary/aromatic N) is 1. The van der Waals surface area contributed by atoms with Crippen LogP contribution in [-0.4, -0.2) is 23.3 Å². The van der Waals surface area contributed by atoms with E-state index in [0.29, 0.717) is 35.5 Å². The summed E-state index contributed by atoms with van der Waals surface area (Å²) in [6.07, 6.45) is 0.694. The Morgan fingerprint density at radius 1 is 1.07 bits per heavy atom. The minimum atomic E-state index is -0.677. The maximum Gasteiger partial charge on any atom is 0.261 e. The van der Waals surface area contributed by atoms with Crippen molar-refractivity contribution in [3.05, 3.63) is 92.2 Å². The normalized spacial score (nSPS) is 13.1. The van der Waals surface area contributed by atoms with E-state index in [9.17, 15) is 18.4 Å². The number of amides is 2. The van der Waals surface area contributed by atoms with E-state index in [2.05, 4.69) is 5.32 Å². The number of aryl methyl sites for hydroxylation is 1. The molecule has 0 saturated heterocycles. The fourth-order valence-electron chi connectivity index (χ4n) is 3.48. The minimum absolute atomic E-state index is 0.0222. The first kappa shape index (κ1) is 20.2. The summed E-state index contributed by atoms with van der Waals surface area (Å²) in [5.74, 6) is -1.67. The van der Waals surface area contributed by atoms with Crippen LogP contribution in [0.3, 0.4) is 0 Å². The number of benzene rings is 2. The van der Waals surface area contributed by atoms with Crippen molar-refractivity contribution in [1.29, 1.82) is 0 Å². The highest BCUT2D eigenvalue weighted by Crippen LogP contribution is 2.29. The fraction of sp³-hybridized carbons (Fsp3) is 0.217. The Bertz CT molecular complexity index is 1090. The molecule has 1 aromatic heterocycles. The van der Waals surface area contributed by atoms with Gasteiger partial charge in [0.15, 0.2) is 0 Å². The summed E-state index contributed by atoms with van der Waals surface area (Å²) in [6, 6.07) is 12.5. The quantitative estimate of drug-likeness (QED) is 0.670. The van der Waals surface area contributed by atoms with Crippen molar-refractivity contribution in [1.82, 2.24) is 10.2 Å². The zero-order valence-corrected chi connectivity index (χ0v) is 17.2. The lowest BCUT2D eigenvalue weighted by Gasteiger charge is -2.27. The molecule has 0 radical (unpaired) electrons. The number of halogens is 2. The zero-order chi connectivity index (χ0) is 21.3. The van der Waals surface area contributed by atoms with Gasteiger partial charge in [-0.1, -0.05) is 17.7 Å². The number of carbonyl (C=O) groups is 2. The van der Waals surface area contributed by atoms with Gasteiger partial charge in [-0.3, -0.25) is 9.59 Å². The van der Waals surface area contributed by atoms with E-state index in [0.717, 1.165) is 22.1 Å². The van der Waals surface area contributed by atoms with E-state index in [1.165, 1.54) is 23.5 Å². The number of carbonyl (C=O) groups excluding carboxylic acids is 2. The molecule has 0 atom stereocenters. The average molecular weight is 426 g/mol. The van der Waals surface area contributed by atoms with Crippen LogP contribution in [0.15, 0.2) is 48.5 Å². The van der Waals surface area contributed by atoms with Gasteiger partial charge >= 0.3 is 0 Å². The van der Waals surface area contributed by atoms with E-state index in [1.54, 1.807) is 11.0 Å². The maximum absolute atomic E-state index is 13.3. The molecule has 1 N–H and O–H groups in total. The molecule has 0 unspecified atom stereocenters. The van der Waals surface area contributed by atoms with Crippen molar-refractivity contribution >= 4 is 23.2 Å². The third-order valence-electron chi connectivity index (χ3n) is 5.05. The van der Waals surface area contributed by atoms with Gasteiger partial charge in [0.25, 0.3) is 11.8 Å². The van der Waals surface area contributed by atoms with Crippen LogP contribution in [0.4, 0.5) is 8.78 Å². The van der Waals surface area contributed by atoms with Crippen molar-refractivity contribution in [3.8, 4) is 0 Å². The van der Waals surface area contributed by atoms with Gasteiger partial charge in [0.05, 0.1) is 4.88 Å². The average Bonchev–Trinajstić information content (AvgIpc) is 3.15. The standard InChI is InChI=1S/C23H20F2N2O2S/c1-14-2-4-16(5-3-14)23(29)27-7-6-20-17(13-27)10-21(30-20)22(28)26-12-15-8-18(24)11-19(25)9-15/h2-5,8-11H,6-7,12-13H2,1H3,(H,26,28). The molecule has 0 bridgehead atoms. The molecule has 1 aliphatic heterocycles. The lowest BCUT2D eigenvalue weighted by molar-refractivity contribution is 0.0736. The molecule has 1 aliphatic rings. The Morgan fingerprint density at radius 3 is 2.47 bits per heavy atom. The molecule has 2 amide bonds. The van der Waals surface area contributed by atoms with Crippen LogP contribution in [-0.2, 0) is 19.5 Å². The molecular weight excluding hydrogens is 406 g/mol. The van der Waals surface area contributed by atoms with Gasteiger partial charge in [-0.2, -0.15) is 0 Å². The van der Waals surface area contributed by atoms with Crippen LogP contribution in [0.5, 0.6) is 0 Å². The number of rotatable bonds is 4. The second kappa shape index (κ2) is 8.36. The van der Waals surface area contributed by atoms with E-state index >= 15 is 0 Å². The van der Waals surface area contributed by atoms with Crippen molar-refractivity contribution in [2.45, 2.75) is 26.4 Å². The van der Waals surface area contributed by atoms with Crippen molar-refractivity contribution in [3.63, 3.8) is 0 Å². The predicted molar refractivity (Wildman–Crippen MR) is 111 cm³/mol. The van der Waals surface area contributed by atoms with E-state index in [4.69, 9.17) is 0 Å². The summed E-state index contributed by atoms with van der Waals surface area (Å²) < 4.78 is 26.6. The molecule has 0 aliphatic carbocycles. The summed E-state index contributed by atoms with van der Waals surface area (Å²) in [7, 11) is 0. The summed E-state index contributed by atoms with van der Waals surface area (Å²) in [6.45, 7) is 3.07. The molecule has 2 heterocycles. The van der Waals surface area contributed by atoms with Crippen LogP contribution < -0.4 is 5.32 Å². The van der Waals surface area contributed by atoms with E-state index in [-0.39, 0.29) is 18.4 Å². The van der Waals surface area contributed by atoms with Crippen LogP contribution in [0, 0.1) is 18.6 Å². The maximum atomic E-state index is 13.3. The molecule has 0 spiro atoms. The first-order chi connectivity index (χ1) is 14.4. The smallest absolute Gasteiger partial charge is 0.261 e. The van der Waals surface area contributed by atoms with Crippen LogP contribution in [0.25, 0.3) is 0 Å². The monoisotopic (exact) mass is 426 g/mol. The third kappa shape index (κ3) is 4.41. The van der Waals surface area contributed by atoms with Crippen molar-refractivity contribution in [2.24, 2.45) is 0 Å². The van der Waals surface area contributed by atoms with Crippen molar-refractivity contribution < 1.29 is 18.4 Å². The summed E-state index contributed by atoms with van der Waals surface area (Å²) in [4.78, 5) is 28.7. The molecule has 30 heavy (non-hydrogen) atoms. The lowest BCUT2D eigenvalue weighted by Crippen LogP contribution is -2.35. The second-order valence-corrected chi connectivity index (χ2v) is 8.50. The number of hydrogen-bond donors (Lipinski definition) is 1. The molecule has 7 heteroatoms. The van der Waals surface area contributed by atoms with Gasteiger partial charge in [-0.05, 0) is 54.8 Å². The number of thiophene rings is 1. The molecule has 2 aromatic carbocycles. The fourth-order valence-corrected chi connectivity index (χ4v) is 4.56. The number of fused-ring (bicyclic) bond motifs is 1. The SMILES string of the molecule is Cc1ccc(C(=O)N2CCc3sc(C(=O)NCc4cc(F)cc(F)c4)cc3C2)cc1. The third-order valence-corrected chi connectivity index (χ3v) is 6.29. The Kier molecular flexibility index (Phi) is 5.63. The van der Waals surface area contributed by atoms with Gasteiger partial charge in [0, 0.05) is 36.1 Å². The molecule has 4 rings (SSSR count). The molecule has 154 valence electrons. The first-order valence-corrected chi connectivity index (χ1v) is 10.4.